The highest BCUT2D eigenvalue weighted by Crippen LogP contribution is 2.34. The molecule has 4 aromatic rings. The molecule has 4 aromatic carbocycles. The molecule has 2 saturated heterocycles. The third-order valence-electron chi connectivity index (χ3n) is 17.5. The van der Waals surface area contributed by atoms with Gasteiger partial charge in [0.2, 0.25) is 35.4 Å². The van der Waals surface area contributed by atoms with E-state index in [0.717, 1.165) is 47.9 Å². The van der Waals surface area contributed by atoms with Crippen LogP contribution in [0, 0.1) is 20.9 Å². The summed E-state index contributed by atoms with van der Waals surface area (Å²) < 4.78 is 5.47. The number of fused-ring (bicyclic) bond motifs is 2. The molecule has 2 fully saturated rings. The van der Waals surface area contributed by atoms with Crippen LogP contribution < -0.4 is 47.9 Å². The molecule has 8 rings (SSSR count). The lowest BCUT2D eigenvalue weighted by atomic mass is 9.85. The number of nitrogens with one attached hydrogen (secondary N) is 9. The number of amides is 9. The monoisotopic (exact) mass is 1240 g/mol. The quantitative estimate of drug-likeness (QED) is 0.0395. The fourth-order valence-corrected chi connectivity index (χ4v) is 12.2. The Hall–Kier alpha value is -8.77. The fraction of sp³-hybridized carbons (Fsp3) is 0.500. The van der Waals surface area contributed by atoms with E-state index < -0.39 is 117 Å². The van der Waals surface area contributed by atoms with Crippen LogP contribution in [0.3, 0.4) is 0 Å². The third kappa shape index (κ3) is 16.3. The van der Waals surface area contributed by atoms with E-state index >= 15 is 0 Å². The number of carbonyl (C=O) groups excluding carboxylic acids is 9. The average Bonchev–Trinajstić information content (AvgIpc) is 1.65. The topological polar surface area (TPSA) is 321 Å². The number of anilines is 1. The number of aryl methyl sites for hydroxylation is 2. The first kappa shape index (κ1) is 67.2. The van der Waals surface area contributed by atoms with Crippen LogP contribution in [0.15, 0.2) is 91.0 Å². The number of hydrogen-bond donors (Lipinski definition) is 9. The van der Waals surface area contributed by atoms with E-state index in [9.17, 15) is 53.3 Å². The van der Waals surface area contributed by atoms with Crippen molar-refractivity contribution in [2.24, 2.45) is 10.8 Å². The standard InChI is InChI=1S/C66H86N12O12/c1-37(67-9)56(79)74-54(65(3,4)5)62(85)76-34-45(32-52(76)60(83)72-50-23-15-19-40-17-11-13-21-48(40)50)69-58(81)42-29-43(31-44(30-42)71-64(87)90-36-39-25-27-47(28-26-39)78(88)89)59(82)70-46-33-53(61(84)73-51-24-16-20-41-18-12-14-22-49(41)51)77(35-46)63(86)55(66(6,7)8)75-57(80)38(2)68-10/h11-14,17-18,21-22,25-31,37-38,45-46,50-55,67-68H,15-16,19-20,23-24,32-36H2,1-10H3,(H,69,81)(H,70,82)(H,71,87)(H,72,83)(H,73,84)(H,74,79)(H,75,80)/t37-,38-,45-,46-,50+,51+,52-,53?,54+,55?/m0/s1. The van der Waals surface area contributed by atoms with Crippen molar-refractivity contribution in [3.05, 3.63) is 140 Å². The van der Waals surface area contributed by atoms with Crippen molar-refractivity contribution < 1.29 is 52.8 Å². The van der Waals surface area contributed by atoms with E-state index in [0.29, 0.717) is 18.4 Å². The van der Waals surface area contributed by atoms with Gasteiger partial charge >= 0.3 is 6.09 Å². The lowest BCUT2D eigenvalue weighted by molar-refractivity contribution is -0.384. The SMILES string of the molecule is CN[C@@H](C)C(=O)NC(C(=O)N1C[C@@H](NC(=O)c2cc(NC(=O)OCc3ccc([N+](=O)[O-])cc3)cc(C(=O)N[C@H]3C[C@@H](C(=O)N[C@@H]4CCCc5ccccc54)N(C(=O)[C@@H](NC(=O)[C@H](C)NC)C(C)(C)C)C3)c2)CC1C(=O)N[C@@H]1CCCc2ccccc21)C(C)(C)C. The summed E-state index contributed by atoms with van der Waals surface area (Å²) in [5, 5.41) is 37.8. The number of rotatable bonds is 20. The zero-order chi connectivity index (χ0) is 65.4. The predicted molar refractivity (Wildman–Crippen MR) is 336 cm³/mol. The molecule has 0 radical (unpaired) electrons. The van der Waals surface area contributed by atoms with Gasteiger partial charge in [0.05, 0.1) is 29.1 Å². The van der Waals surface area contributed by atoms with E-state index in [-0.39, 0.29) is 67.1 Å². The molecule has 9 amide bonds. The highest BCUT2D eigenvalue weighted by molar-refractivity contribution is 6.03. The van der Waals surface area contributed by atoms with Crippen LogP contribution in [-0.4, -0.2) is 144 Å². The van der Waals surface area contributed by atoms with Gasteiger partial charge in [0.15, 0.2) is 0 Å². The molecular formula is C66H86N12O12. The van der Waals surface area contributed by atoms with Crippen molar-refractivity contribution in [1.29, 1.82) is 0 Å². The number of ether oxygens (including phenoxy) is 1. The van der Waals surface area contributed by atoms with Crippen LogP contribution >= 0.6 is 0 Å². The number of likely N-dealkylation sites (N-methyl/N-ethyl adjacent to an activating group) is 2. The Labute approximate surface area is 525 Å². The van der Waals surface area contributed by atoms with Crippen LogP contribution in [0.25, 0.3) is 0 Å². The number of nitro groups is 1. The Morgan fingerprint density at radius 3 is 1.42 bits per heavy atom. The summed E-state index contributed by atoms with van der Waals surface area (Å²) in [5.41, 5.74) is 2.42. The lowest BCUT2D eigenvalue weighted by Crippen LogP contribution is -2.59. The lowest BCUT2D eigenvalue weighted by Gasteiger charge is -2.36. The Balaban J connectivity index is 1.09. The second kappa shape index (κ2) is 28.8. The maximum absolute atomic E-state index is 15.0. The maximum Gasteiger partial charge on any atom is 0.411 e. The van der Waals surface area contributed by atoms with Crippen molar-refractivity contribution >= 4 is 64.7 Å². The molecular weight excluding hydrogens is 1150 g/mol. The highest BCUT2D eigenvalue weighted by atomic mass is 16.6. The Morgan fingerprint density at radius 2 is 1.02 bits per heavy atom. The summed E-state index contributed by atoms with van der Waals surface area (Å²) in [6.07, 6.45) is 3.57. The summed E-state index contributed by atoms with van der Waals surface area (Å²) >= 11 is 0. The first-order valence-electron chi connectivity index (χ1n) is 30.9. The molecule has 9 N–H and O–H groups in total. The summed E-state index contributed by atoms with van der Waals surface area (Å²) in [4.78, 5) is 143. The van der Waals surface area contributed by atoms with Crippen LogP contribution in [0.1, 0.15) is 155 Å². The van der Waals surface area contributed by atoms with E-state index in [4.69, 9.17) is 4.74 Å². The first-order chi connectivity index (χ1) is 42.6. The van der Waals surface area contributed by atoms with Crippen LogP contribution in [0.2, 0.25) is 0 Å². The summed E-state index contributed by atoms with van der Waals surface area (Å²) in [7, 11) is 3.24. The van der Waals surface area contributed by atoms with Gasteiger partial charge in [-0.05, 0) is 148 Å². The van der Waals surface area contributed by atoms with Gasteiger partial charge in [0.25, 0.3) is 17.5 Å². The first-order valence-corrected chi connectivity index (χ1v) is 30.9. The van der Waals surface area contributed by atoms with Gasteiger partial charge in [-0.3, -0.25) is 53.8 Å². The van der Waals surface area contributed by atoms with Gasteiger partial charge in [-0.2, -0.15) is 0 Å². The number of nitro benzene ring substituents is 1. The molecule has 2 aliphatic carbocycles. The zero-order valence-corrected chi connectivity index (χ0v) is 53.0. The van der Waals surface area contributed by atoms with Crippen LogP contribution in [-0.2, 0) is 53.0 Å². The minimum atomic E-state index is -1.10. The Kier molecular flexibility index (Phi) is 21.5. The highest BCUT2D eigenvalue weighted by Gasteiger charge is 2.48. The second-order valence-corrected chi connectivity index (χ2v) is 26.2. The predicted octanol–water partition coefficient (Wildman–Crippen LogP) is 5.41. The second-order valence-electron chi connectivity index (χ2n) is 26.2. The van der Waals surface area contributed by atoms with E-state index in [1.807, 2.05) is 48.5 Å². The van der Waals surface area contributed by atoms with Gasteiger partial charge in [0, 0.05) is 54.1 Å². The smallest absolute Gasteiger partial charge is 0.411 e. The molecule has 0 saturated carbocycles. The van der Waals surface area contributed by atoms with Gasteiger partial charge in [0.1, 0.15) is 30.8 Å². The fourth-order valence-electron chi connectivity index (χ4n) is 12.2. The number of carbonyl (C=O) groups is 9. The molecule has 482 valence electrons. The number of nitrogens with zero attached hydrogens (tertiary/aromatic N) is 3. The molecule has 0 bridgehead atoms. The van der Waals surface area contributed by atoms with Crippen molar-refractivity contribution in [2.45, 2.75) is 174 Å². The zero-order valence-electron chi connectivity index (χ0n) is 53.0. The molecule has 4 aliphatic rings. The summed E-state index contributed by atoms with van der Waals surface area (Å²) in [6, 6.07) is 16.9. The molecule has 10 atom stereocenters. The van der Waals surface area contributed by atoms with Crippen molar-refractivity contribution in [3.8, 4) is 0 Å². The Bertz CT molecular complexity index is 3180. The molecule has 0 spiro atoms. The molecule has 24 nitrogen and oxygen atoms in total. The number of likely N-dealkylation sites (tertiary alicyclic amines) is 2. The molecule has 2 aliphatic heterocycles. The number of benzene rings is 4. The summed E-state index contributed by atoms with van der Waals surface area (Å²) in [6.45, 7) is 13.5. The van der Waals surface area contributed by atoms with Crippen molar-refractivity contribution in [1.82, 2.24) is 52.3 Å². The van der Waals surface area contributed by atoms with Crippen molar-refractivity contribution in [2.75, 3.05) is 32.5 Å². The van der Waals surface area contributed by atoms with Gasteiger partial charge in [-0.1, -0.05) is 90.1 Å². The third-order valence-corrected chi connectivity index (χ3v) is 17.5. The normalized spacial score (nSPS) is 21.0. The largest absolute Gasteiger partial charge is 0.444 e. The summed E-state index contributed by atoms with van der Waals surface area (Å²) in [5.74, 6) is -4.34. The van der Waals surface area contributed by atoms with Crippen LogP contribution in [0.4, 0.5) is 16.2 Å². The van der Waals surface area contributed by atoms with Gasteiger partial charge in [-0.15, -0.1) is 0 Å². The van der Waals surface area contributed by atoms with E-state index in [1.165, 1.54) is 52.3 Å². The molecule has 90 heavy (non-hydrogen) atoms. The average molecular weight is 1240 g/mol. The molecule has 2 unspecified atom stereocenters. The number of non-ortho nitro benzene ring substituents is 1. The van der Waals surface area contributed by atoms with Crippen molar-refractivity contribution in [3.63, 3.8) is 0 Å². The molecule has 24 heteroatoms. The van der Waals surface area contributed by atoms with Gasteiger partial charge in [-0.25, -0.2) is 4.79 Å². The van der Waals surface area contributed by atoms with E-state index in [2.05, 4.69) is 47.9 Å². The van der Waals surface area contributed by atoms with E-state index in [1.54, 1.807) is 69.5 Å². The molecule has 0 aromatic heterocycles. The Morgan fingerprint density at radius 1 is 0.600 bits per heavy atom. The van der Waals surface area contributed by atoms with Gasteiger partial charge < -0.3 is 57.1 Å². The molecule has 2 heterocycles. The minimum absolute atomic E-state index is 0.0389. The number of hydrogen-bond acceptors (Lipinski definition) is 14. The minimum Gasteiger partial charge on any atom is -0.444 e. The maximum atomic E-state index is 15.0. The van der Waals surface area contributed by atoms with Crippen LogP contribution in [0.5, 0.6) is 0 Å².